The van der Waals surface area contributed by atoms with E-state index in [0.717, 1.165) is 12.3 Å². The van der Waals surface area contributed by atoms with Crippen LogP contribution in [-0.4, -0.2) is 19.7 Å². The van der Waals surface area contributed by atoms with Gasteiger partial charge < -0.3 is 0 Å². The van der Waals surface area contributed by atoms with Crippen LogP contribution in [-0.2, 0) is 9.84 Å². The van der Waals surface area contributed by atoms with E-state index in [2.05, 4.69) is 4.98 Å². The standard InChI is InChI=1S/C18H12F3NO2S/c1-25(23,24)18-9-16(20)14(8-17(18)21)15-10-22-6-5-13(15)11-3-2-4-12(19)7-11/h2-10H,1H3. The van der Waals surface area contributed by atoms with Gasteiger partial charge in [0.15, 0.2) is 9.84 Å². The maximum absolute atomic E-state index is 14.5. The Hall–Kier alpha value is -2.67. The first-order valence-electron chi connectivity index (χ1n) is 7.17. The first-order chi connectivity index (χ1) is 11.8. The molecule has 0 unspecified atom stereocenters. The van der Waals surface area contributed by atoms with Crippen LogP contribution in [0.3, 0.4) is 0 Å². The van der Waals surface area contributed by atoms with Gasteiger partial charge in [0.1, 0.15) is 22.3 Å². The van der Waals surface area contributed by atoms with Gasteiger partial charge in [0.2, 0.25) is 0 Å². The highest BCUT2D eigenvalue weighted by Crippen LogP contribution is 2.34. The Balaban J connectivity index is 2.24. The molecule has 3 nitrogen and oxygen atoms in total. The normalized spacial score (nSPS) is 11.5. The van der Waals surface area contributed by atoms with Crippen molar-refractivity contribution in [2.45, 2.75) is 4.90 Å². The first-order valence-corrected chi connectivity index (χ1v) is 9.06. The number of halogens is 3. The number of sulfone groups is 1. The number of rotatable bonds is 3. The zero-order valence-corrected chi connectivity index (χ0v) is 13.8. The summed E-state index contributed by atoms with van der Waals surface area (Å²) in [5, 5.41) is 0. The van der Waals surface area contributed by atoms with Crippen LogP contribution in [0.1, 0.15) is 0 Å². The summed E-state index contributed by atoms with van der Waals surface area (Å²) in [4.78, 5) is 3.19. The predicted molar refractivity (Wildman–Crippen MR) is 88.1 cm³/mol. The summed E-state index contributed by atoms with van der Waals surface area (Å²) in [6, 6.07) is 8.66. The van der Waals surface area contributed by atoms with E-state index in [1.165, 1.54) is 30.6 Å². The Labute approximate surface area is 142 Å². The lowest BCUT2D eigenvalue weighted by atomic mass is 9.96. The Bertz CT molecular complexity index is 1070. The molecule has 0 saturated carbocycles. The highest BCUT2D eigenvalue weighted by molar-refractivity contribution is 7.90. The summed E-state index contributed by atoms with van der Waals surface area (Å²) in [5.74, 6) is -2.44. The molecule has 1 aromatic heterocycles. The van der Waals surface area contributed by atoms with Crippen molar-refractivity contribution in [2.24, 2.45) is 0 Å². The van der Waals surface area contributed by atoms with Gasteiger partial charge in [0, 0.05) is 29.8 Å². The molecule has 0 spiro atoms. The molecule has 25 heavy (non-hydrogen) atoms. The summed E-state index contributed by atoms with van der Waals surface area (Å²) in [5.41, 5.74) is 0.978. The van der Waals surface area contributed by atoms with Crippen molar-refractivity contribution in [1.82, 2.24) is 4.98 Å². The Morgan fingerprint density at radius 1 is 0.880 bits per heavy atom. The molecule has 0 radical (unpaired) electrons. The van der Waals surface area contributed by atoms with Crippen LogP contribution in [0.2, 0.25) is 0 Å². The van der Waals surface area contributed by atoms with Crippen molar-refractivity contribution in [1.29, 1.82) is 0 Å². The second-order valence-electron chi connectivity index (χ2n) is 5.47. The number of benzene rings is 2. The summed E-state index contributed by atoms with van der Waals surface area (Å²) in [6.07, 6.45) is 3.56. The topological polar surface area (TPSA) is 47.0 Å². The molecule has 0 saturated heterocycles. The maximum atomic E-state index is 14.5. The lowest BCUT2D eigenvalue weighted by Gasteiger charge is -2.12. The molecule has 0 aliphatic rings. The number of aromatic nitrogens is 1. The molecule has 0 bridgehead atoms. The monoisotopic (exact) mass is 363 g/mol. The molecule has 1 heterocycles. The van der Waals surface area contributed by atoms with Crippen LogP contribution in [0.15, 0.2) is 59.8 Å². The van der Waals surface area contributed by atoms with Gasteiger partial charge in [-0.1, -0.05) is 12.1 Å². The maximum Gasteiger partial charge on any atom is 0.178 e. The van der Waals surface area contributed by atoms with E-state index < -0.39 is 32.2 Å². The average Bonchev–Trinajstić information content (AvgIpc) is 2.55. The highest BCUT2D eigenvalue weighted by Gasteiger charge is 2.20. The van der Waals surface area contributed by atoms with Gasteiger partial charge in [-0.05, 0) is 41.5 Å². The van der Waals surface area contributed by atoms with Gasteiger partial charge in [-0.25, -0.2) is 21.6 Å². The van der Waals surface area contributed by atoms with E-state index >= 15 is 0 Å². The van der Waals surface area contributed by atoms with E-state index in [4.69, 9.17) is 0 Å². The third-order valence-corrected chi connectivity index (χ3v) is 4.78. The second kappa shape index (κ2) is 6.33. The van der Waals surface area contributed by atoms with Crippen LogP contribution >= 0.6 is 0 Å². The molecule has 0 N–H and O–H groups in total. The second-order valence-corrected chi connectivity index (χ2v) is 7.45. The molecule has 128 valence electrons. The first kappa shape index (κ1) is 17.2. The van der Waals surface area contributed by atoms with E-state index in [-0.39, 0.29) is 11.1 Å². The van der Waals surface area contributed by atoms with Crippen LogP contribution in [0.25, 0.3) is 22.3 Å². The van der Waals surface area contributed by atoms with Crippen LogP contribution in [0.5, 0.6) is 0 Å². The van der Waals surface area contributed by atoms with E-state index in [0.29, 0.717) is 17.2 Å². The van der Waals surface area contributed by atoms with Gasteiger partial charge in [-0.2, -0.15) is 0 Å². The van der Waals surface area contributed by atoms with E-state index in [1.807, 2.05) is 0 Å². The highest BCUT2D eigenvalue weighted by atomic mass is 32.2. The molecule has 7 heteroatoms. The number of pyridine rings is 1. The smallest absolute Gasteiger partial charge is 0.178 e. The minimum atomic E-state index is -3.90. The van der Waals surface area contributed by atoms with E-state index in [9.17, 15) is 21.6 Å². The molecule has 2 aromatic carbocycles. The lowest BCUT2D eigenvalue weighted by Crippen LogP contribution is -2.03. The van der Waals surface area contributed by atoms with Crippen molar-refractivity contribution in [3.63, 3.8) is 0 Å². The molecule has 3 aromatic rings. The average molecular weight is 363 g/mol. The molecule has 0 aliphatic heterocycles. The number of hydrogen-bond acceptors (Lipinski definition) is 3. The summed E-state index contributed by atoms with van der Waals surface area (Å²) in [7, 11) is -3.90. The van der Waals surface area contributed by atoms with Crippen LogP contribution in [0.4, 0.5) is 13.2 Å². The Morgan fingerprint density at radius 3 is 2.32 bits per heavy atom. The third kappa shape index (κ3) is 3.41. The zero-order chi connectivity index (χ0) is 18.2. The fourth-order valence-corrected chi connectivity index (χ4v) is 3.27. The largest absolute Gasteiger partial charge is 0.264 e. The molecular formula is C18H12F3NO2S. The SMILES string of the molecule is CS(=O)(=O)c1cc(F)c(-c2cnccc2-c2cccc(F)c2)cc1F. The molecule has 0 amide bonds. The number of hydrogen-bond donors (Lipinski definition) is 0. The van der Waals surface area contributed by atoms with Crippen molar-refractivity contribution in [3.05, 3.63) is 72.3 Å². The Morgan fingerprint density at radius 2 is 1.64 bits per heavy atom. The van der Waals surface area contributed by atoms with Gasteiger partial charge in [-0.15, -0.1) is 0 Å². The van der Waals surface area contributed by atoms with Gasteiger partial charge in [-0.3, -0.25) is 4.98 Å². The van der Waals surface area contributed by atoms with Crippen molar-refractivity contribution >= 4 is 9.84 Å². The summed E-state index contributed by atoms with van der Waals surface area (Å²) < 4.78 is 65.2. The summed E-state index contributed by atoms with van der Waals surface area (Å²) >= 11 is 0. The van der Waals surface area contributed by atoms with E-state index in [1.54, 1.807) is 12.1 Å². The van der Waals surface area contributed by atoms with Crippen LogP contribution in [0, 0.1) is 17.5 Å². The molecule has 0 fully saturated rings. The van der Waals surface area contributed by atoms with Gasteiger partial charge in [0.05, 0.1) is 0 Å². The van der Waals surface area contributed by atoms with Gasteiger partial charge >= 0.3 is 0 Å². The minimum Gasteiger partial charge on any atom is -0.264 e. The minimum absolute atomic E-state index is 0.155. The Kier molecular flexibility index (Phi) is 4.34. The molecule has 0 atom stereocenters. The lowest BCUT2D eigenvalue weighted by molar-refractivity contribution is 0.557. The molecule has 3 rings (SSSR count). The number of nitrogens with zero attached hydrogens (tertiary/aromatic N) is 1. The third-order valence-electron chi connectivity index (χ3n) is 3.67. The van der Waals surface area contributed by atoms with Crippen LogP contribution < -0.4 is 0 Å². The summed E-state index contributed by atoms with van der Waals surface area (Å²) in [6.45, 7) is 0. The van der Waals surface area contributed by atoms with Crippen molar-refractivity contribution in [3.8, 4) is 22.3 Å². The predicted octanol–water partition coefficient (Wildman–Crippen LogP) is 4.24. The van der Waals surface area contributed by atoms with Gasteiger partial charge in [0.25, 0.3) is 0 Å². The molecular weight excluding hydrogens is 351 g/mol. The zero-order valence-electron chi connectivity index (χ0n) is 13.0. The van der Waals surface area contributed by atoms with Crippen molar-refractivity contribution < 1.29 is 21.6 Å². The quantitative estimate of drug-likeness (QED) is 0.699. The fourth-order valence-electron chi connectivity index (χ4n) is 2.54. The van der Waals surface area contributed by atoms with Crippen molar-refractivity contribution in [2.75, 3.05) is 6.26 Å². The fraction of sp³-hybridized carbons (Fsp3) is 0.0556. The molecule has 0 aliphatic carbocycles.